The minimum atomic E-state index is -0.248. The second-order valence-corrected chi connectivity index (χ2v) is 7.03. The number of para-hydroxylation sites is 1. The number of amides is 1. The monoisotopic (exact) mass is 381 g/mol. The number of hydrogen-bond donors (Lipinski definition) is 0. The number of carbonyl (C=O) groups excluding carboxylic acids is 1. The van der Waals surface area contributed by atoms with Crippen molar-refractivity contribution in [2.75, 3.05) is 26.8 Å². The summed E-state index contributed by atoms with van der Waals surface area (Å²) >= 11 is 0. The van der Waals surface area contributed by atoms with Gasteiger partial charge in [0.2, 0.25) is 0 Å². The Labute approximate surface area is 162 Å². The average Bonchev–Trinajstić information content (AvgIpc) is 3.20. The first-order chi connectivity index (χ1) is 13.7. The lowest BCUT2D eigenvalue weighted by molar-refractivity contribution is 0.0671. The average molecular weight is 381 g/mol. The van der Waals surface area contributed by atoms with Gasteiger partial charge in [-0.1, -0.05) is 12.1 Å². The lowest BCUT2D eigenvalue weighted by Gasteiger charge is -2.32. The number of likely N-dealkylation sites (tertiary alicyclic amines) is 1. The molecule has 3 heterocycles. The standard InChI is InChI=1S/C21H23N3O4/c1-27-12-11-23-10-8-22-20(23)15-5-4-9-24(14-15)21(26)19-13-17(25)16-6-2-3-7-18(16)28-19/h2-3,6-8,10,13,15H,4-5,9,11-12,14H2,1H3/t15-/m0/s1. The first kappa shape index (κ1) is 18.4. The topological polar surface area (TPSA) is 77.6 Å². The summed E-state index contributed by atoms with van der Waals surface area (Å²) in [4.78, 5) is 31.6. The maximum Gasteiger partial charge on any atom is 0.289 e. The van der Waals surface area contributed by atoms with E-state index in [2.05, 4.69) is 9.55 Å². The minimum absolute atomic E-state index is 0.0899. The number of carbonyl (C=O) groups is 1. The molecule has 1 atom stereocenters. The molecule has 7 heteroatoms. The van der Waals surface area contributed by atoms with Crippen LogP contribution in [0.1, 0.15) is 35.1 Å². The van der Waals surface area contributed by atoms with Gasteiger partial charge in [0.25, 0.3) is 5.91 Å². The number of hydrogen-bond acceptors (Lipinski definition) is 5. The molecular weight excluding hydrogens is 358 g/mol. The third-order valence-corrected chi connectivity index (χ3v) is 5.20. The van der Waals surface area contributed by atoms with Gasteiger partial charge in [0.1, 0.15) is 11.4 Å². The van der Waals surface area contributed by atoms with Crippen molar-refractivity contribution < 1.29 is 13.9 Å². The van der Waals surface area contributed by atoms with Crippen molar-refractivity contribution in [1.82, 2.24) is 14.5 Å². The second kappa shape index (κ2) is 7.98. The Kier molecular flexibility index (Phi) is 5.25. The highest BCUT2D eigenvalue weighted by Gasteiger charge is 2.29. The van der Waals surface area contributed by atoms with E-state index in [-0.39, 0.29) is 23.0 Å². The quantitative estimate of drug-likeness (QED) is 0.679. The lowest BCUT2D eigenvalue weighted by atomic mass is 9.97. The highest BCUT2D eigenvalue weighted by molar-refractivity contribution is 5.93. The minimum Gasteiger partial charge on any atom is -0.451 e. The number of aromatic nitrogens is 2. The molecule has 1 aliphatic heterocycles. The van der Waals surface area contributed by atoms with Crippen molar-refractivity contribution >= 4 is 16.9 Å². The zero-order valence-corrected chi connectivity index (χ0v) is 15.8. The van der Waals surface area contributed by atoms with E-state index in [4.69, 9.17) is 9.15 Å². The van der Waals surface area contributed by atoms with Gasteiger partial charge in [-0.3, -0.25) is 9.59 Å². The molecule has 0 saturated carbocycles. The molecule has 2 aromatic heterocycles. The molecule has 4 rings (SSSR count). The van der Waals surface area contributed by atoms with Crippen molar-refractivity contribution in [1.29, 1.82) is 0 Å². The molecule has 146 valence electrons. The zero-order valence-electron chi connectivity index (χ0n) is 15.8. The molecule has 1 aliphatic rings. The fourth-order valence-electron chi connectivity index (χ4n) is 3.80. The molecule has 1 fully saturated rings. The summed E-state index contributed by atoms with van der Waals surface area (Å²) in [6, 6.07) is 8.27. The number of piperidine rings is 1. The van der Waals surface area contributed by atoms with Crippen LogP contribution in [-0.4, -0.2) is 47.2 Å². The fourth-order valence-corrected chi connectivity index (χ4v) is 3.80. The number of nitrogens with zero attached hydrogens (tertiary/aromatic N) is 3. The van der Waals surface area contributed by atoms with Crippen LogP contribution in [0.2, 0.25) is 0 Å². The van der Waals surface area contributed by atoms with Gasteiger partial charge >= 0.3 is 0 Å². The Morgan fingerprint density at radius 1 is 1.36 bits per heavy atom. The summed E-state index contributed by atoms with van der Waals surface area (Å²) < 4.78 is 13.0. The van der Waals surface area contributed by atoms with Gasteiger partial charge in [-0.15, -0.1) is 0 Å². The van der Waals surface area contributed by atoms with E-state index < -0.39 is 0 Å². The van der Waals surface area contributed by atoms with Gasteiger partial charge in [-0.2, -0.15) is 0 Å². The third kappa shape index (κ3) is 3.57. The summed E-state index contributed by atoms with van der Waals surface area (Å²) in [6.45, 7) is 2.54. The fraction of sp³-hybridized carbons (Fsp3) is 0.381. The van der Waals surface area contributed by atoms with E-state index in [0.29, 0.717) is 30.7 Å². The van der Waals surface area contributed by atoms with Crippen LogP contribution < -0.4 is 5.43 Å². The van der Waals surface area contributed by atoms with Crippen LogP contribution in [0.25, 0.3) is 11.0 Å². The van der Waals surface area contributed by atoms with Crippen molar-refractivity contribution in [2.24, 2.45) is 0 Å². The van der Waals surface area contributed by atoms with Crippen LogP contribution in [0, 0.1) is 0 Å². The lowest BCUT2D eigenvalue weighted by Crippen LogP contribution is -2.40. The molecule has 0 radical (unpaired) electrons. The van der Waals surface area contributed by atoms with E-state index in [1.807, 2.05) is 6.20 Å². The van der Waals surface area contributed by atoms with E-state index in [0.717, 1.165) is 25.2 Å². The second-order valence-electron chi connectivity index (χ2n) is 7.03. The molecule has 0 spiro atoms. The van der Waals surface area contributed by atoms with Crippen LogP contribution in [0.3, 0.4) is 0 Å². The molecule has 1 saturated heterocycles. The predicted molar refractivity (Wildman–Crippen MR) is 104 cm³/mol. The summed E-state index contributed by atoms with van der Waals surface area (Å²) in [5, 5.41) is 0.482. The van der Waals surface area contributed by atoms with Gasteiger partial charge in [0.05, 0.1) is 12.0 Å². The largest absolute Gasteiger partial charge is 0.451 e. The van der Waals surface area contributed by atoms with Crippen LogP contribution in [0.4, 0.5) is 0 Å². The molecule has 7 nitrogen and oxygen atoms in total. The van der Waals surface area contributed by atoms with Crippen LogP contribution in [-0.2, 0) is 11.3 Å². The normalized spacial score (nSPS) is 17.2. The van der Waals surface area contributed by atoms with Crippen molar-refractivity contribution in [3.8, 4) is 0 Å². The first-order valence-electron chi connectivity index (χ1n) is 9.49. The Morgan fingerprint density at radius 3 is 3.07 bits per heavy atom. The van der Waals surface area contributed by atoms with E-state index in [1.165, 1.54) is 6.07 Å². The number of fused-ring (bicyclic) bond motifs is 1. The van der Waals surface area contributed by atoms with Gasteiger partial charge in [-0.05, 0) is 25.0 Å². The summed E-state index contributed by atoms with van der Waals surface area (Å²) in [5.41, 5.74) is 0.232. The van der Waals surface area contributed by atoms with E-state index in [9.17, 15) is 9.59 Å². The number of benzene rings is 1. The molecular formula is C21H23N3O4. The first-order valence-corrected chi connectivity index (χ1v) is 9.49. The molecule has 0 unspecified atom stereocenters. The summed E-state index contributed by atoms with van der Waals surface area (Å²) in [5.74, 6) is 0.959. The van der Waals surface area contributed by atoms with E-state index >= 15 is 0 Å². The van der Waals surface area contributed by atoms with E-state index in [1.54, 1.807) is 42.5 Å². The summed E-state index contributed by atoms with van der Waals surface area (Å²) in [6.07, 6.45) is 5.58. The third-order valence-electron chi connectivity index (χ3n) is 5.20. The Hall–Kier alpha value is -2.93. The van der Waals surface area contributed by atoms with Gasteiger partial charge in [-0.25, -0.2) is 4.98 Å². The Balaban J connectivity index is 1.56. The molecule has 28 heavy (non-hydrogen) atoms. The molecule has 1 amide bonds. The van der Waals surface area contributed by atoms with Crippen LogP contribution >= 0.6 is 0 Å². The zero-order chi connectivity index (χ0) is 19.5. The molecule has 0 N–H and O–H groups in total. The van der Waals surface area contributed by atoms with Crippen molar-refractivity contribution in [3.63, 3.8) is 0 Å². The maximum absolute atomic E-state index is 13.0. The molecule has 0 bridgehead atoms. The summed E-state index contributed by atoms with van der Waals surface area (Å²) in [7, 11) is 1.68. The Morgan fingerprint density at radius 2 is 2.21 bits per heavy atom. The van der Waals surface area contributed by atoms with Crippen molar-refractivity contribution in [2.45, 2.75) is 25.3 Å². The highest BCUT2D eigenvalue weighted by atomic mass is 16.5. The Bertz CT molecular complexity index is 1040. The van der Waals surface area contributed by atoms with Crippen LogP contribution in [0.15, 0.2) is 51.9 Å². The van der Waals surface area contributed by atoms with Crippen molar-refractivity contribution in [3.05, 3.63) is 64.5 Å². The number of rotatable bonds is 5. The molecule has 0 aliphatic carbocycles. The number of ether oxygens (including phenoxy) is 1. The van der Waals surface area contributed by atoms with Gasteiger partial charge in [0.15, 0.2) is 11.2 Å². The highest BCUT2D eigenvalue weighted by Crippen LogP contribution is 2.27. The van der Waals surface area contributed by atoms with Gasteiger partial charge < -0.3 is 18.6 Å². The maximum atomic E-state index is 13.0. The molecule has 1 aromatic carbocycles. The number of imidazole rings is 1. The predicted octanol–water partition coefficient (Wildman–Crippen LogP) is 2.66. The molecule has 3 aromatic rings. The van der Waals surface area contributed by atoms with Crippen LogP contribution in [0.5, 0.6) is 0 Å². The number of methoxy groups -OCH3 is 1. The SMILES string of the molecule is COCCn1ccnc1[C@H]1CCCN(C(=O)c2cc(=O)c3ccccc3o2)C1. The smallest absolute Gasteiger partial charge is 0.289 e. The van der Waals surface area contributed by atoms with Gasteiger partial charge in [0, 0.05) is 51.1 Å².